The fourth-order valence-electron chi connectivity index (χ4n) is 4.34. The number of rotatable bonds is 3. The van der Waals surface area contributed by atoms with Crippen LogP contribution in [0.25, 0.3) is 11.1 Å². The first-order chi connectivity index (χ1) is 17.1. The van der Waals surface area contributed by atoms with Crippen LogP contribution in [0.4, 0.5) is 18.9 Å². The first-order valence-corrected chi connectivity index (χ1v) is 12.5. The number of carbonyl (C=O) groups excluding carboxylic acids is 2. The molecule has 6 nitrogen and oxygen atoms in total. The van der Waals surface area contributed by atoms with Crippen molar-refractivity contribution in [3.63, 3.8) is 0 Å². The van der Waals surface area contributed by atoms with Gasteiger partial charge in [-0.2, -0.15) is 24.9 Å². The van der Waals surface area contributed by atoms with E-state index < -0.39 is 23.5 Å². The number of thioether (sulfide) groups is 1. The van der Waals surface area contributed by atoms with Crippen LogP contribution in [0.3, 0.4) is 0 Å². The molecule has 2 aliphatic rings. The van der Waals surface area contributed by atoms with Crippen LogP contribution in [-0.2, 0) is 6.18 Å². The first-order valence-electron chi connectivity index (χ1n) is 11.3. The van der Waals surface area contributed by atoms with Crippen molar-refractivity contribution in [3.05, 3.63) is 77.1 Å². The summed E-state index contributed by atoms with van der Waals surface area (Å²) >= 11 is 1.83. The summed E-state index contributed by atoms with van der Waals surface area (Å²) in [6.45, 7) is 1.91. The number of anilines is 1. The molecule has 2 aromatic carbocycles. The Morgan fingerprint density at radius 3 is 2.61 bits per heavy atom. The second-order valence-electron chi connectivity index (χ2n) is 8.79. The SMILES string of the molecule is Cc1ccc(NC(=O)c2ccnc(C(F)(F)F)c2)cc1-c1ccc2c(c1)OC1(CCSCC1)NC2=O. The normalized spacial score (nSPS) is 16.6. The van der Waals surface area contributed by atoms with E-state index in [0.717, 1.165) is 53.3 Å². The number of carbonyl (C=O) groups is 2. The molecule has 2 N–H and O–H groups in total. The van der Waals surface area contributed by atoms with Crippen LogP contribution < -0.4 is 15.4 Å². The van der Waals surface area contributed by atoms with Gasteiger partial charge in [0.2, 0.25) is 0 Å². The molecule has 2 amide bonds. The van der Waals surface area contributed by atoms with E-state index in [1.807, 2.05) is 36.9 Å². The van der Waals surface area contributed by atoms with Crippen LogP contribution in [0, 0.1) is 6.92 Å². The lowest BCUT2D eigenvalue weighted by molar-refractivity contribution is -0.141. The summed E-state index contributed by atoms with van der Waals surface area (Å²) in [7, 11) is 0. The van der Waals surface area contributed by atoms with Gasteiger partial charge in [0.1, 0.15) is 11.4 Å². The number of ether oxygens (including phenoxy) is 1. The second-order valence-corrected chi connectivity index (χ2v) is 10.0. The highest BCUT2D eigenvalue weighted by Crippen LogP contribution is 2.38. The van der Waals surface area contributed by atoms with Crippen LogP contribution >= 0.6 is 11.8 Å². The van der Waals surface area contributed by atoms with E-state index in [0.29, 0.717) is 17.0 Å². The highest BCUT2D eigenvalue weighted by atomic mass is 32.2. The number of alkyl halides is 3. The highest BCUT2D eigenvalue weighted by molar-refractivity contribution is 7.99. The molecule has 3 aromatic rings. The van der Waals surface area contributed by atoms with Crippen molar-refractivity contribution in [2.45, 2.75) is 31.7 Å². The summed E-state index contributed by atoms with van der Waals surface area (Å²) in [5.41, 5.74) is 1.41. The third kappa shape index (κ3) is 4.77. The fraction of sp³-hybridized carbons (Fsp3) is 0.269. The van der Waals surface area contributed by atoms with E-state index in [2.05, 4.69) is 15.6 Å². The quantitative estimate of drug-likeness (QED) is 0.472. The Bertz CT molecular complexity index is 1350. The van der Waals surface area contributed by atoms with Gasteiger partial charge in [0.15, 0.2) is 5.72 Å². The van der Waals surface area contributed by atoms with Crippen molar-refractivity contribution in [2.75, 3.05) is 16.8 Å². The van der Waals surface area contributed by atoms with Crippen molar-refractivity contribution >= 4 is 29.3 Å². The molecule has 1 aromatic heterocycles. The molecule has 186 valence electrons. The average Bonchev–Trinajstić information content (AvgIpc) is 2.85. The average molecular weight is 514 g/mol. The van der Waals surface area contributed by atoms with Gasteiger partial charge in [-0.05, 0) is 71.5 Å². The maximum atomic E-state index is 13.0. The summed E-state index contributed by atoms with van der Waals surface area (Å²) in [5.74, 6) is 1.47. The number of aromatic nitrogens is 1. The van der Waals surface area contributed by atoms with Crippen molar-refractivity contribution in [2.24, 2.45) is 0 Å². The molecule has 0 unspecified atom stereocenters. The van der Waals surface area contributed by atoms with Gasteiger partial charge in [0.05, 0.1) is 5.56 Å². The molecular weight excluding hydrogens is 491 g/mol. The van der Waals surface area contributed by atoms with Gasteiger partial charge in [-0.1, -0.05) is 12.1 Å². The zero-order chi connectivity index (χ0) is 25.5. The molecular formula is C26H22F3N3O3S. The molecule has 0 saturated carbocycles. The lowest BCUT2D eigenvalue weighted by atomic mass is 9.96. The van der Waals surface area contributed by atoms with Crippen molar-refractivity contribution in [3.8, 4) is 16.9 Å². The summed E-state index contributed by atoms with van der Waals surface area (Å²) in [6.07, 6.45) is -2.25. The number of pyridine rings is 1. The Kier molecular flexibility index (Phi) is 6.15. The van der Waals surface area contributed by atoms with E-state index >= 15 is 0 Å². The third-order valence-corrected chi connectivity index (χ3v) is 7.28. The van der Waals surface area contributed by atoms with Crippen molar-refractivity contribution < 1.29 is 27.5 Å². The zero-order valence-electron chi connectivity index (χ0n) is 19.2. The van der Waals surface area contributed by atoms with E-state index in [1.165, 1.54) is 6.07 Å². The molecule has 0 atom stereocenters. The lowest BCUT2D eigenvalue weighted by Gasteiger charge is -2.41. The lowest BCUT2D eigenvalue weighted by Crippen LogP contribution is -2.57. The minimum absolute atomic E-state index is 0.149. The summed E-state index contributed by atoms with van der Waals surface area (Å²) in [4.78, 5) is 28.7. The summed E-state index contributed by atoms with van der Waals surface area (Å²) in [5, 5.41) is 5.68. The first kappa shape index (κ1) is 24.2. The molecule has 36 heavy (non-hydrogen) atoms. The minimum Gasteiger partial charge on any atom is -0.467 e. The molecule has 0 radical (unpaired) electrons. The maximum absolute atomic E-state index is 13.0. The summed E-state index contributed by atoms with van der Waals surface area (Å²) in [6, 6.07) is 12.5. The molecule has 1 fully saturated rings. The van der Waals surface area contributed by atoms with Crippen molar-refractivity contribution in [1.82, 2.24) is 10.3 Å². The molecule has 10 heteroatoms. The van der Waals surface area contributed by atoms with Gasteiger partial charge >= 0.3 is 6.18 Å². The van der Waals surface area contributed by atoms with Gasteiger partial charge in [-0.3, -0.25) is 14.6 Å². The Morgan fingerprint density at radius 2 is 1.86 bits per heavy atom. The topological polar surface area (TPSA) is 80.3 Å². The number of benzene rings is 2. The molecule has 1 spiro atoms. The van der Waals surface area contributed by atoms with E-state index in [1.54, 1.807) is 18.2 Å². The van der Waals surface area contributed by atoms with Gasteiger partial charge in [-0.25, -0.2) is 0 Å². The smallest absolute Gasteiger partial charge is 0.433 e. The van der Waals surface area contributed by atoms with Gasteiger partial charge in [-0.15, -0.1) is 0 Å². The molecule has 3 heterocycles. The third-order valence-electron chi connectivity index (χ3n) is 6.29. The molecule has 0 bridgehead atoms. The number of halogens is 3. The number of nitrogens with zero attached hydrogens (tertiary/aromatic N) is 1. The number of hydrogen-bond donors (Lipinski definition) is 2. The van der Waals surface area contributed by atoms with Crippen LogP contribution in [0.5, 0.6) is 5.75 Å². The number of amides is 2. The van der Waals surface area contributed by atoms with Crippen molar-refractivity contribution in [1.29, 1.82) is 0 Å². The van der Waals surface area contributed by atoms with E-state index in [-0.39, 0.29) is 11.5 Å². The largest absolute Gasteiger partial charge is 0.467 e. The maximum Gasteiger partial charge on any atom is 0.433 e. The Labute approximate surface area is 209 Å². The van der Waals surface area contributed by atoms with Gasteiger partial charge in [0.25, 0.3) is 11.8 Å². The van der Waals surface area contributed by atoms with E-state index in [9.17, 15) is 22.8 Å². The predicted octanol–water partition coefficient (Wildman–Crippen LogP) is 5.67. The van der Waals surface area contributed by atoms with E-state index in [4.69, 9.17) is 4.74 Å². The Hall–Kier alpha value is -3.53. The van der Waals surface area contributed by atoms with Crippen LogP contribution in [0.15, 0.2) is 54.7 Å². The fourth-order valence-corrected chi connectivity index (χ4v) is 5.49. The molecule has 0 aliphatic carbocycles. The zero-order valence-corrected chi connectivity index (χ0v) is 20.1. The molecule has 2 aliphatic heterocycles. The minimum atomic E-state index is -4.65. The van der Waals surface area contributed by atoms with Gasteiger partial charge in [0, 0.05) is 30.3 Å². The number of fused-ring (bicyclic) bond motifs is 1. The number of nitrogens with one attached hydrogen (secondary N) is 2. The second kappa shape index (κ2) is 9.16. The predicted molar refractivity (Wildman–Crippen MR) is 131 cm³/mol. The van der Waals surface area contributed by atoms with Crippen LogP contribution in [0.2, 0.25) is 0 Å². The van der Waals surface area contributed by atoms with Gasteiger partial charge < -0.3 is 15.4 Å². The Morgan fingerprint density at radius 1 is 1.08 bits per heavy atom. The molecule has 1 saturated heterocycles. The standard InChI is InChI=1S/C26H22F3N3O3S/c1-15-2-4-18(31-23(33)17-6-9-30-22(13-17)26(27,28)29)14-20(15)16-3-5-19-21(12-16)35-25(32-24(19)34)7-10-36-11-8-25/h2-6,9,12-14H,7-8,10-11H2,1H3,(H,31,33)(H,32,34). The highest BCUT2D eigenvalue weighted by Gasteiger charge is 2.41. The summed E-state index contributed by atoms with van der Waals surface area (Å²) < 4.78 is 45.2. The monoisotopic (exact) mass is 513 g/mol. The van der Waals surface area contributed by atoms with Crippen LogP contribution in [0.1, 0.15) is 44.8 Å². The number of aryl methyl sites for hydroxylation is 1. The Balaban J connectivity index is 1.42. The number of hydrogen-bond acceptors (Lipinski definition) is 5. The molecule has 5 rings (SSSR count). The van der Waals surface area contributed by atoms with Crippen LogP contribution in [-0.4, -0.2) is 34.0 Å².